The Bertz CT molecular complexity index is 502. The van der Waals surface area contributed by atoms with Crippen LogP contribution in [-0.2, 0) is 4.79 Å². The van der Waals surface area contributed by atoms with Gasteiger partial charge in [0.15, 0.2) is 6.61 Å². The van der Waals surface area contributed by atoms with Crippen molar-refractivity contribution in [3.63, 3.8) is 0 Å². The summed E-state index contributed by atoms with van der Waals surface area (Å²) in [4.78, 5) is 14.6. The molecule has 1 aromatic carbocycles. The molecule has 1 aromatic rings. The van der Waals surface area contributed by atoms with Crippen LogP contribution in [0.15, 0.2) is 24.3 Å². The normalized spacial score (nSPS) is 18.9. The van der Waals surface area contributed by atoms with Gasteiger partial charge in [-0.25, -0.2) is 0 Å². The van der Waals surface area contributed by atoms with E-state index in [1.54, 1.807) is 24.3 Å². The van der Waals surface area contributed by atoms with E-state index < -0.39 is 0 Å². The molecule has 1 amide bonds. The largest absolute Gasteiger partial charge is 0.484 e. The van der Waals surface area contributed by atoms with Crippen molar-refractivity contribution in [2.24, 2.45) is 5.73 Å². The molecule has 0 saturated carbocycles. The monoisotopic (exact) mass is 306 g/mol. The molecule has 2 rings (SSSR count). The highest BCUT2D eigenvalue weighted by Gasteiger charge is 2.22. The molecule has 2 N–H and O–H groups in total. The Hall–Kier alpha value is -1.62. The van der Waals surface area contributed by atoms with Crippen LogP contribution in [-0.4, -0.2) is 35.0 Å². The molecule has 1 unspecified atom stereocenters. The molecule has 1 fully saturated rings. The predicted octanol–water partition coefficient (Wildman–Crippen LogP) is 2.49. The molecule has 4 nitrogen and oxygen atoms in total. The van der Waals surface area contributed by atoms with Gasteiger partial charge in [-0.2, -0.15) is 0 Å². The van der Waals surface area contributed by atoms with Crippen LogP contribution in [0.5, 0.6) is 5.75 Å². The molecule has 0 bridgehead atoms. The summed E-state index contributed by atoms with van der Waals surface area (Å²) in [6, 6.07) is 7.48. The van der Waals surface area contributed by atoms with Gasteiger partial charge in [0.1, 0.15) is 10.7 Å². The molecule has 1 saturated heterocycles. The van der Waals surface area contributed by atoms with Gasteiger partial charge >= 0.3 is 0 Å². The zero-order valence-corrected chi connectivity index (χ0v) is 13.2. The van der Waals surface area contributed by atoms with Crippen molar-refractivity contribution in [1.29, 1.82) is 0 Å². The summed E-state index contributed by atoms with van der Waals surface area (Å²) in [5, 5.41) is 0. The van der Waals surface area contributed by atoms with Crippen molar-refractivity contribution in [3.8, 4) is 5.75 Å². The SMILES string of the molecule is CC1CCCCCN1C(=O)COc1ccc(C(N)=S)cc1. The van der Waals surface area contributed by atoms with Crippen molar-refractivity contribution in [2.45, 2.75) is 38.6 Å². The molecule has 114 valence electrons. The Labute approximate surface area is 131 Å². The highest BCUT2D eigenvalue weighted by atomic mass is 32.1. The van der Waals surface area contributed by atoms with Crippen LogP contribution in [0.2, 0.25) is 0 Å². The summed E-state index contributed by atoms with van der Waals surface area (Å²) >= 11 is 4.90. The van der Waals surface area contributed by atoms with E-state index >= 15 is 0 Å². The number of ether oxygens (including phenoxy) is 1. The number of carbonyl (C=O) groups excluding carboxylic acids is 1. The smallest absolute Gasteiger partial charge is 0.260 e. The van der Waals surface area contributed by atoms with E-state index in [0.29, 0.717) is 16.8 Å². The van der Waals surface area contributed by atoms with Gasteiger partial charge in [-0.1, -0.05) is 25.1 Å². The van der Waals surface area contributed by atoms with Gasteiger partial charge in [-0.3, -0.25) is 4.79 Å². The molecule has 0 aromatic heterocycles. The number of nitrogens with two attached hydrogens (primary N) is 1. The van der Waals surface area contributed by atoms with E-state index in [2.05, 4.69) is 6.92 Å². The lowest BCUT2D eigenvalue weighted by molar-refractivity contribution is -0.135. The van der Waals surface area contributed by atoms with E-state index in [9.17, 15) is 4.79 Å². The Kier molecular flexibility index (Phi) is 5.56. The molecule has 1 aliphatic heterocycles. The second kappa shape index (κ2) is 7.41. The quantitative estimate of drug-likeness (QED) is 0.868. The molecule has 1 aliphatic rings. The summed E-state index contributed by atoms with van der Waals surface area (Å²) in [6.07, 6.45) is 4.56. The van der Waals surface area contributed by atoms with Crippen LogP contribution < -0.4 is 10.5 Å². The Morgan fingerprint density at radius 3 is 2.71 bits per heavy atom. The van der Waals surface area contributed by atoms with Gasteiger partial charge in [-0.05, 0) is 44.0 Å². The van der Waals surface area contributed by atoms with Crippen LogP contribution >= 0.6 is 12.2 Å². The molecular formula is C16H22N2O2S. The minimum Gasteiger partial charge on any atom is -0.484 e. The van der Waals surface area contributed by atoms with Crippen LogP contribution in [0.1, 0.15) is 38.2 Å². The maximum atomic E-state index is 12.3. The van der Waals surface area contributed by atoms with E-state index in [0.717, 1.165) is 24.9 Å². The van der Waals surface area contributed by atoms with Crippen LogP contribution in [0, 0.1) is 0 Å². The third-order valence-corrected chi connectivity index (χ3v) is 4.11. The molecule has 0 radical (unpaired) electrons. The van der Waals surface area contributed by atoms with Gasteiger partial charge in [0.25, 0.3) is 5.91 Å². The zero-order valence-electron chi connectivity index (χ0n) is 12.4. The highest BCUT2D eigenvalue weighted by molar-refractivity contribution is 7.80. The van der Waals surface area contributed by atoms with Crippen molar-refractivity contribution in [2.75, 3.05) is 13.2 Å². The minimum absolute atomic E-state index is 0.0582. The van der Waals surface area contributed by atoms with Gasteiger partial charge in [0.05, 0.1) is 0 Å². The van der Waals surface area contributed by atoms with Gasteiger partial charge in [0.2, 0.25) is 0 Å². The number of benzene rings is 1. The molecule has 1 atom stereocenters. The summed E-state index contributed by atoms with van der Waals surface area (Å²) in [5.41, 5.74) is 6.34. The molecule has 0 aliphatic carbocycles. The summed E-state index contributed by atoms with van der Waals surface area (Å²) in [7, 11) is 0. The standard InChI is InChI=1S/C16H22N2O2S/c1-12-5-3-2-4-10-18(12)15(19)11-20-14-8-6-13(7-9-14)16(17)21/h6-9,12H,2-5,10-11H2,1H3,(H2,17,21). The maximum Gasteiger partial charge on any atom is 0.260 e. The Morgan fingerprint density at radius 2 is 2.05 bits per heavy atom. The Morgan fingerprint density at radius 1 is 1.33 bits per heavy atom. The molecule has 21 heavy (non-hydrogen) atoms. The lowest BCUT2D eigenvalue weighted by Crippen LogP contribution is -2.41. The fourth-order valence-electron chi connectivity index (χ4n) is 2.59. The number of hydrogen-bond acceptors (Lipinski definition) is 3. The van der Waals surface area contributed by atoms with Crippen molar-refractivity contribution >= 4 is 23.1 Å². The van der Waals surface area contributed by atoms with Crippen molar-refractivity contribution in [1.82, 2.24) is 4.90 Å². The third-order valence-electron chi connectivity index (χ3n) is 3.87. The van der Waals surface area contributed by atoms with Crippen molar-refractivity contribution in [3.05, 3.63) is 29.8 Å². The van der Waals surface area contributed by atoms with Crippen molar-refractivity contribution < 1.29 is 9.53 Å². The molecular weight excluding hydrogens is 284 g/mol. The third kappa shape index (κ3) is 4.43. The lowest BCUT2D eigenvalue weighted by Gasteiger charge is -2.27. The topological polar surface area (TPSA) is 55.6 Å². The molecule has 1 heterocycles. The number of thiocarbonyl (C=S) groups is 1. The number of likely N-dealkylation sites (tertiary alicyclic amines) is 1. The Balaban J connectivity index is 1.89. The van der Waals surface area contributed by atoms with Crippen LogP contribution in [0.3, 0.4) is 0 Å². The number of carbonyl (C=O) groups is 1. The fraction of sp³-hybridized carbons (Fsp3) is 0.500. The number of amides is 1. The van der Waals surface area contributed by atoms with E-state index in [4.69, 9.17) is 22.7 Å². The first kappa shape index (κ1) is 15.8. The van der Waals surface area contributed by atoms with E-state index in [1.807, 2.05) is 4.90 Å². The van der Waals surface area contributed by atoms with Gasteiger partial charge in [0, 0.05) is 18.2 Å². The zero-order chi connectivity index (χ0) is 15.2. The summed E-state index contributed by atoms with van der Waals surface area (Å²) < 4.78 is 5.57. The summed E-state index contributed by atoms with van der Waals surface area (Å²) in [6.45, 7) is 3.03. The first-order chi connectivity index (χ1) is 10.1. The highest BCUT2D eigenvalue weighted by Crippen LogP contribution is 2.17. The van der Waals surface area contributed by atoms with E-state index in [-0.39, 0.29) is 12.5 Å². The second-order valence-corrected chi connectivity index (χ2v) is 5.90. The number of rotatable bonds is 4. The number of hydrogen-bond donors (Lipinski definition) is 1. The fourth-order valence-corrected chi connectivity index (χ4v) is 2.72. The first-order valence-electron chi connectivity index (χ1n) is 7.40. The molecule has 5 heteroatoms. The lowest BCUT2D eigenvalue weighted by atomic mass is 10.1. The summed E-state index contributed by atoms with van der Waals surface area (Å²) in [5.74, 6) is 0.716. The van der Waals surface area contributed by atoms with Crippen LogP contribution in [0.4, 0.5) is 0 Å². The molecule has 0 spiro atoms. The maximum absolute atomic E-state index is 12.3. The average Bonchev–Trinajstić information content (AvgIpc) is 2.70. The van der Waals surface area contributed by atoms with E-state index in [1.165, 1.54) is 12.8 Å². The average molecular weight is 306 g/mol. The first-order valence-corrected chi connectivity index (χ1v) is 7.81. The predicted molar refractivity (Wildman–Crippen MR) is 87.5 cm³/mol. The minimum atomic E-state index is 0.0582. The van der Waals surface area contributed by atoms with Gasteiger partial charge < -0.3 is 15.4 Å². The van der Waals surface area contributed by atoms with Crippen LogP contribution in [0.25, 0.3) is 0 Å². The van der Waals surface area contributed by atoms with Gasteiger partial charge in [-0.15, -0.1) is 0 Å². The number of nitrogens with zero attached hydrogens (tertiary/aromatic N) is 1. The second-order valence-electron chi connectivity index (χ2n) is 5.46.